The van der Waals surface area contributed by atoms with Crippen LogP contribution in [0.3, 0.4) is 0 Å². The summed E-state index contributed by atoms with van der Waals surface area (Å²) < 4.78 is 27.4. The van der Waals surface area contributed by atoms with Gasteiger partial charge in [0, 0.05) is 31.1 Å². The lowest BCUT2D eigenvalue weighted by molar-refractivity contribution is -0.129. The van der Waals surface area contributed by atoms with Crippen LogP contribution in [0.15, 0.2) is 66.2 Å². The maximum atomic E-state index is 15.3. The van der Waals surface area contributed by atoms with Gasteiger partial charge in [0.05, 0.1) is 32.3 Å². The highest BCUT2D eigenvalue weighted by Crippen LogP contribution is 2.44. The first-order valence-electron chi connectivity index (χ1n) is 20.8. The Kier molecular flexibility index (Phi) is 14.1. The minimum Gasteiger partial charge on any atom is -0.497 e. The molecule has 0 spiro atoms. The molecule has 3 amide bonds. The van der Waals surface area contributed by atoms with Gasteiger partial charge in [-0.1, -0.05) is 65.1 Å². The zero-order valence-corrected chi connectivity index (χ0v) is 38.9. The van der Waals surface area contributed by atoms with Crippen molar-refractivity contribution in [3.63, 3.8) is 0 Å². The molecule has 1 saturated carbocycles. The molecular formula is C47H58Cl3N3O8. The fourth-order valence-electron chi connectivity index (χ4n) is 7.76. The molecule has 3 aliphatic rings. The third-order valence-electron chi connectivity index (χ3n) is 11.4. The third-order valence-corrected chi connectivity index (χ3v) is 12.8. The average Bonchev–Trinajstić information content (AvgIpc) is 4.02. The molecule has 330 valence electrons. The lowest BCUT2D eigenvalue weighted by atomic mass is 9.81. The molecule has 6 rings (SSSR count). The summed E-state index contributed by atoms with van der Waals surface area (Å²) in [5.41, 5.74) is 4.27. The quantitative estimate of drug-likeness (QED) is 0.156. The molecule has 2 bridgehead atoms. The number of nitrogens with zero attached hydrogens (tertiary/aromatic N) is 3. The van der Waals surface area contributed by atoms with Crippen molar-refractivity contribution >= 4 is 58.5 Å². The summed E-state index contributed by atoms with van der Waals surface area (Å²) in [6.07, 6.45) is 1.29. The first-order valence-corrected chi connectivity index (χ1v) is 22.0. The van der Waals surface area contributed by atoms with E-state index >= 15 is 4.79 Å². The first kappa shape index (κ1) is 46.2. The van der Waals surface area contributed by atoms with Crippen molar-refractivity contribution < 1.29 is 38.1 Å². The fraction of sp³-hybridized carbons (Fsp3) is 0.511. The number of alkyl halides is 3. The van der Waals surface area contributed by atoms with Crippen LogP contribution in [-0.2, 0) is 20.7 Å². The standard InChI is InChI=1S/C47H58Cl3N3O8/c1-29-24-30(2)31(3)40(25-29)59-22-20-32-10-12-33(13-11-32)38-26-35-27-51(43(55)60-45(4,5)6)28-39(53(35)44(56)61-46(7,8)47(48,49)50)41(38)42(54)52(34-14-15-34)21-23-58-37-18-16-36(57-9)17-19-37/h10-13,16-19,24-25,34-35,39H,14-15,20-23,26-28H2,1-9H3. The molecule has 1 aliphatic carbocycles. The van der Waals surface area contributed by atoms with Gasteiger partial charge in [-0.05, 0) is 138 Å². The lowest BCUT2D eigenvalue weighted by Crippen LogP contribution is -2.66. The minimum absolute atomic E-state index is 0.0177. The molecule has 14 heteroatoms. The Balaban J connectivity index is 1.36. The van der Waals surface area contributed by atoms with Gasteiger partial charge in [-0.15, -0.1) is 0 Å². The number of rotatable bonds is 13. The Morgan fingerprint density at radius 2 is 1.46 bits per heavy atom. The van der Waals surface area contributed by atoms with Crippen molar-refractivity contribution in [3.8, 4) is 17.2 Å². The lowest BCUT2D eigenvalue weighted by Gasteiger charge is -2.51. The van der Waals surface area contributed by atoms with E-state index < -0.39 is 39.3 Å². The van der Waals surface area contributed by atoms with E-state index in [4.69, 9.17) is 58.5 Å². The van der Waals surface area contributed by atoms with Crippen LogP contribution in [0.4, 0.5) is 9.59 Å². The highest BCUT2D eigenvalue weighted by Gasteiger charge is 2.53. The molecule has 2 unspecified atom stereocenters. The van der Waals surface area contributed by atoms with E-state index in [1.54, 1.807) is 37.7 Å². The van der Waals surface area contributed by atoms with Crippen LogP contribution in [0.25, 0.3) is 5.57 Å². The molecule has 2 heterocycles. The number of hydrogen-bond donors (Lipinski definition) is 0. The molecular weight excluding hydrogens is 841 g/mol. The summed E-state index contributed by atoms with van der Waals surface area (Å²) in [4.78, 5) is 48.4. The number of carbonyl (C=O) groups is 3. The number of carbonyl (C=O) groups excluding carboxylic acids is 3. The Bertz CT molecular complexity index is 2110. The Hall–Kier alpha value is -4.32. The SMILES string of the molecule is COc1ccc(OCCN(C(=O)C2=C(c3ccc(CCOc4cc(C)cc(C)c4C)cc3)CC3CN(C(=O)OC(C)(C)C)CC2N3C(=O)OC(C)(C)C(Cl)(Cl)Cl)C2CC2)cc1. The third kappa shape index (κ3) is 11.2. The summed E-state index contributed by atoms with van der Waals surface area (Å²) in [5.74, 6) is 1.99. The van der Waals surface area contributed by atoms with Gasteiger partial charge in [-0.2, -0.15) is 0 Å². The van der Waals surface area contributed by atoms with Crippen LogP contribution in [0.5, 0.6) is 17.2 Å². The van der Waals surface area contributed by atoms with Crippen molar-refractivity contribution in [1.82, 2.24) is 14.7 Å². The first-order chi connectivity index (χ1) is 28.7. The van der Waals surface area contributed by atoms with E-state index in [-0.39, 0.29) is 38.1 Å². The fourth-order valence-corrected chi connectivity index (χ4v) is 7.88. The van der Waals surface area contributed by atoms with Crippen LogP contribution in [-0.4, -0.2) is 106 Å². The van der Waals surface area contributed by atoms with Crippen LogP contribution < -0.4 is 14.2 Å². The second-order valence-electron chi connectivity index (χ2n) is 17.7. The van der Waals surface area contributed by atoms with Crippen LogP contribution >= 0.6 is 34.8 Å². The van der Waals surface area contributed by atoms with Crippen LogP contribution in [0.2, 0.25) is 0 Å². The summed E-state index contributed by atoms with van der Waals surface area (Å²) in [5, 5.41) is 0. The average molecular weight is 899 g/mol. The van der Waals surface area contributed by atoms with Gasteiger partial charge in [-0.3, -0.25) is 9.69 Å². The molecule has 3 aromatic carbocycles. The van der Waals surface area contributed by atoms with Gasteiger partial charge in [-0.25, -0.2) is 9.59 Å². The second kappa shape index (κ2) is 18.6. The maximum Gasteiger partial charge on any atom is 0.411 e. The van der Waals surface area contributed by atoms with Crippen LogP contribution in [0, 0.1) is 20.8 Å². The van der Waals surface area contributed by atoms with Crippen molar-refractivity contribution in [3.05, 3.63) is 94.1 Å². The van der Waals surface area contributed by atoms with Crippen molar-refractivity contribution in [1.29, 1.82) is 0 Å². The molecule has 2 aliphatic heterocycles. The van der Waals surface area contributed by atoms with Gasteiger partial charge < -0.3 is 33.5 Å². The van der Waals surface area contributed by atoms with E-state index in [0.29, 0.717) is 36.6 Å². The normalized spacial score (nSPS) is 18.1. The van der Waals surface area contributed by atoms with Gasteiger partial charge >= 0.3 is 12.2 Å². The molecule has 2 fully saturated rings. The van der Waals surface area contributed by atoms with E-state index in [9.17, 15) is 9.59 Å². The maximum absolute atomic E-state index is 15.3. The molecule has 3 aromatic rings. The zero-order chi connectivity index (χ0) is 44.4. The van der Waals surface area contributed by atoms with Crippen molar-refractivity contribution in [2.75, 3.05) is 40.0 Å². The number of aryl methyl sites for hydroxylation is 2. The number of amides is 3. The van der Waals surface area contributed by atoms with Crippen molar-refractivity contribution in [2.24, 2.45) is 0 Å². The molecule has 0 aromatic heterocycles. The molecule has 1 saturated heterocycles. The largest absolute Gasteiger partial charge is 0.497 e. The van der Waals surface area contributed by atoms with E-state index in [1.807, 2.05) is 41.3 Å². The monoisotopic (exact) mass is 897 g/mol. The number of ether oxygens (including phenoxy) is 5. The number of methoxy groups -OCH3 is 1. The van der Waals surface area contributed by atoms with Gasteiger partial charge in [0.25, 0.3) is 5.91 Å². The molecule has 11 nitrogen and oxygen atoms in total. The van der Waals surface area contributed by atoms with E-state index in [2.05, 4.69) is 45.0 Å². The number of benzene rings is 3. The number of piperazine rings is 1. The summed E-state index contributed by atoms with van der Waals surface area (Å²) in [6, 6.07) is 18.1. The van der Waals surface area contributed by atoms with E-state index in [0.717, 1.165) is 46.4 Å². The Morgan fingerprint density at radius 3 is 2.07 bits per heavy atom. The van der Waals surface area contributed by atoms with Gasteiger partial charge in [0.2, 0.25) is 3.79 Å². The smallest absolute Gasteiger partial charge is 0.411 e. The highest BCUT2D eigenvalue weighted by molar-refractivity contribution is 6.68. The van der Waals surface area contributed by atoms with Gasteiger partial charge in [0.1, 0.15) is 29.5 Å². The number of hydrogen-bond acceptors (Lipinski definition) is 8. The summed E-state index contributed by atoms with van der Waals surface area (Å²) >= 11 is 18.9. The Labute approximate surface area is 375 Å². The zero-order valence-electron chi connectivity index (χ0n) is 36.6. The molecule has 0 N–H and O–H groups in total. The summed E-state index contributed by atoms with van der Waals surface area (Å²) in [7, 11) is 1.60. The van der Waals surface area contributed by atoms with Crippen molar-refractivity contribution in [2.45, 2.75) is 114 Å². The van der Waals surface area contributed by atoms with E-state index in [1.165, 1.54) is 19.4 Å². The van der Waals surface area contributed by atoms with Gasteiger partial charge in [0.15, 0.2) is 5.60 Å². The topological polar surface area (TPSA) is 107 Å². The Morgan fingerprint density at radius 1 is 0.803 bits per heavy atom. The number of fused-ring (bicyclic) bond motifs is 2. The second-order valence-corrected chi connectivity index (χ2v) is 20.0. The predicted molar refractivity (Wildman–Crippen MR) is 239 cm³/mol. The molecule has 2 atom stereocenters. The predicted octanol–water partition coefficient (Wildman–Crippen LogP) is 10.0. The number of halogens is 3. The summed E-state index contributed by atoms with van der Waals surface area (Å²) in [6.45, 7) is 15.8. The molecule has 0 radical (unpaired) electrons. The van der Waals surface area contributed by atoms with Crippen LogP contribution in [0.1, 0.15) is 81.7 Å². The minimum atomic E-state index is -1.95. The highest BCUT2D eigenvalue weighted by atomic mass is 35.6. The molecule has 61 heavy (non-hydrogen) atoms.